The summed E-state index contributed by atoms with van der Waals surface area (Å²) in [5, 5.41) is 0. The van der Waals surface area contributed by atoms with Crippen LogP contribution in [-0.2, 0) is 17.7 Å². The molecule has 2 aliphatic rings. The van der Waals surface area contributed by atoms with Gasteiger partial charge in [-0.2, -0.15) is 0 Å². The summed E-state index contributed by atoms with van der Waals surface area (Å²) < 4.78 is 35.6. The zero-order valence-corrected chi connectivity index (χ0v) is 27.8. The van der Waals surface area contributed by atoms with Crippen molar-refractivity contribution in [3.63, 3.8) is 0 Å². The monoisotopic (exact) mass is 646 g/mol. The maximum atomic E-state index is 14.8. The first kappa shape index (κ1) is 34.4. The van der Waals surface area contributed by atoms with Gasteiger partial charge in [-0.25, -0.2) is 8.97 Å². The molecule has 234 valence electrons. The van der Waals surface area contributed by atoms with Crippen molar-refractivity contribution in [2.75, 3.05) is 51.5 Å². The summed E-state index contributed by atoms with van der Waals surface area (Å²) in [5.74, 6) is 1.64. The molecular weight excluding hydrogens is 595 g/mol. The van der Waals surface area contributed by atoms with Gasteiger partial charge in [0.25, 0.3) is 0 Å². The minimum atomic E-state index is -0.129. The Bertz CT molecular complexity index is 1130. The number of morpholine rings is 1. The van der Waals surface area contributed by atoms with E-state index in [-0.39, 0.29) is 22.8 Å². The van der Waals surface area contributed by atoms with E-state index in [1.807, 2.05) is 12.1 Å². The number of nitrogens with zero attached hydrogens (tertiary/aromatic N) is 2. The standard InChI is InChI=1S/C35H52FN2O3.BrH/c1-4-6-8-10-11-15-23-41-34-29-19-20-38(27-28-16-13-14-17-31(28)36)32(18-12-9-7-5-2)30(29)26-33(35(34)39-3)37-21-24-40-25-22-37;/h13-14,16-17,26H,4-12,15,18-25,27H2,1-3H3;1H/q+1;/p-1. The van der Waals surface area contributed by atoms with E-state index in [1.54, 1.807) is 19.2 Å². The van der Waals surface area contributed by atoms with Gasteiger partial charge in [-0.15, -0.1) is 0 Å². The van der Waals surface area contributed by atoms with Crippen molar-refractivity contribution < 1.29 is 40.2 Å². The molecule has 5 nitrogen and oxygen atoms in total. The van der Waals surface area contributed by atoms with Gasteiger partial charge in [0.2, 0.25) is 0 Å². The molecular formula is C35H52BrFN2O3. The number of fused-ring (bicyclic) bond motifs is 1. The number of ether oxygens (including phenoxy) is 3. The van der Waals surface area contributed by atoms with Crippen LogP contribution in [0.3, 0.4) is 0 Å². The number of hydrogen-bond donors (Lipinski definition) is 0. The van der Waals surface area contributed by atoms with Crippen molar-refractivity contribution in [2.45, 2.75) is 97.4 Å². The Hall–Kier alpha value is -2.12. The van der Waals surface area contributed by atoms with Crippen molar-refractivity contribution in [2.24, 2.45) is 0 Å². The van der Waals surface area contributed by atoms with E-state index in [0.717, 1.165) is 68.1 Å². The Morgan fingerprint density at radius 1 is 0.905 bits per heavy atom. The SMILES string of the molecule is CCCCCCCCOc1c2c(cc(N3CCOCC3)c1OC)C(CCCCCC)=[N+](Cc1ccccc1F)CC2.[Br-]. The zero-order valence-electron chi connectivity index (χ0n) is 26.2. The highest BCUT2D eigenvalue weighted by atomic mass is 79.9. The zero-order chi connectivity index (χ0) is 28.9. The predicted octanol–water partition coefficient (Wildman–Crippen LogP) is 4.94. The molecule has 1 fully saturated rings. The Morgan fingerprint density at radius 2 is 1.60 bits per heavy atom. The van der Waals surface area contributed by atoms with Crippen LogP contribution in [0.4, 0.5) is 10.1 Å². The highest BCUT2D eigenvalue weighted by Gasteiger charge is 2.33. The molecule has 2 heterocycles. The average Bonchev–Trinajstić information content (AvgIpc) is 3.00. The molecule has 4 rings (SSSR count). The summed E-state index contributed by atoms with van der Waals surface area (Å²) in [6.07, 6.45) is 14.0. The summed E-state index contributed by atoms with van der Waals surface area (Å²) in [6.45, 7) is 9.72. The molecule has 0 spiro atoms. The van der Waals surface area contributed by atoms with E-state index < -0.39 is 0 Å². The third kappa shape index (κ3) is 9.19. The maximum Gasteiger partial charge on any atom is 0.184 e. The Balaban J connectivity index is 0.00000484. The van der Waals surface area contributed by atoms with Crippen LogP contribution in [0.25, 0.3) is 0 Å². The van der Waals surface area contributed by atoms with Gasteiger partial charge in [0.15, 0.2) is 23.8 Å². The normalized spacial score (nSPS) is 14.9. The first-order valence-electron chi connectivity index (χ1n) is 16.2. The minimum absolute atomic E-state index is 0. The van der Waals surface area contributed by atoms with Crippen LogP contribution in [0.2, 0.25) is 0 Å². The summed E-state index contributed by atoms with van der Waals surface area (Å²) >= 11 is 0. The van der Waals surface area contributed by atoms with Gasteiger partial charge in [-0.05, 0) is 31.0 Å². The highest BCUT2D eigenvalue weighted by molar-refractivity contribution is 6.01. The molecule has 2 aliphatic heterocycles. The lowest BCUT2D eigenvalue weighted by Crippen LogP contribution is -3.00. The third-order valence-electron chi connectivity index (χ3n) is 8.53. The van der Waals surface area contributed by atoms with Crippen molar-refractivity contribution >= 4 is 11.4 Å². The molecule has 1 saturated heterocycles. The fourth-order valence-corrected chi connectivity index (χ4v) is 6.19. The van der Waals surface area contributed by atoms with E-state index in [0.29, 0.717) is 26.4 Å². The molecule has 0 amide bonds. The van der Waals surface area contributed by atoms with Crippen LogP contribution in [-0.4, -0.2) is 56.9 Å². The van der Waals surface area contributed by atoms with Gasteiger partial charge in [-0.1, -0.05) is 77.3 Å². The number of rotatable bonds is 17. The number of anilines is 1. The molecule has 42 heavy (non-hydrogen) atoms. The molecule has 7 heteroatoms. The summed E-state index contributed by atoms with van der Waals surface area (Å²) in [4.78, 5) is 2.38. The molecule has 2 aromatic rings. The lowest BCUT2D eigenvalue weighted by Gasteiger charge is -2.32. The minimum Gasteiger partial charge on any atom is -1.00 e. The number of benzene rings is 2. The van der Waals surface area contributed by atoms with E-state index in [2.05, 4.69) is 29.4 Å². The third-order valence-corrected chi connectivity index (χ3v) is 8.53. The smallest absolute Gasteiger partial charge is 0.184 e. The molecule has 0 radical (unpaired) electrons. The lowest BCUT2D eigenvalue weighted by atomic mass is 9.90. The van der Waals surface area contributed by atoms with E-state index in [1.165, 1.54) is 68.2 Å². The summed E-state index contributed by atoms with van der Waals surface area (Å²) in [5.41, 5.74) is 5.66. The Morgan fingerprint density at radius 3 is 2.31 bits per heavy atom. The van der Waals surface area contributed by atoms with Crippen LogP contribution in [0.15, 0.2) is 30.3 Å². The van der Waals surface area contributed by atoms with Crippen LogP contribution in [0.1, 0.15) is 101 Å². The Labute approximate surface area is 264 Å². The molecule has 0 atom stereocenters. The Kier molecular flexibility index (Phi) is 15.2. The maximum absolute atomic E-state index is 14.8. The average molecular weight is 648 g/mol. The molecule has 0 aliphatic carbocycles. The van der Waals surface area contributed by atoms with E-state index in [4.69, 9.17) is 14.2 Å². The second-order valence-corrected chi connectivity index (χ2v) is 11.5. The molecule has 0 bridgehead atoms. The lowest BCUT2D eigenvalue weighted by molar-refractivity contribution is -0.546. The van der Waals surface area contributed by atoms with Gasteiger partial charge >= 0.3 is 0 Å². The largest absolute Gasteiger partial charge is 1.00 e. The fourth-order valence-electron chi connectivity index (χ4n) is 6.19. The molecule has 0 aromatic heterocycles. The van der Waals surface area contributed by atoms with Crippen LogP contribution >= 0.6 is 0 Å². The first-order valence-corrected chi connectivity index (χ1v) is 16.2. The first-order chi connectivity index (χ1) is 20.2. The molecule has 0 N–H and O–H groups in total. The van der Waals surface area contributed by atoms with Crippen molar-refractivity contribution in [1.29, 1.82) is 0 Å². The van der Waals surface area contributed by atoms with Crippen LogP contribution in [0, 0.1) is 5.82 Å². The number of hydrogen-bond acceptors (Lipinski definition) is 4. The second kappa shape index (κ2) is 18.5. The fraction of sp³-hybridized carbons (Fsp3) is 0.629. The highest BCUT2D eigenvalue weighted by Crippen LogP contribution is 2.45. The molecule has 0 unspecified atom stereocenters. The van der Waals surface area contributed by atoms with E-state index in [9.17, 15) is 4.39 Å². The van der Waals surface area contributed by atoms with Crippen molar-refractivity contribution in [3.8, 4) is 11.5 Å². The molecule has 2 aromatic carbocycles. The van der Waals surface area contributed by atoms with Gasteiger partial charge < -0.3 is 36.1 Å². The summed E-state index contributed by atoms with van der Waals surface area (Å²) in [7, 11) is 1.77. The topological polar surface area (TPSA) is 33.9 Å². The van der Waals surface area contributed by atoms with Gasteiger partial charge in [0.05, 0.1) is 43.7 Å². The van der Waals surface area contributed by atoms with E-state index >= 15 is 0 Å². The quantitative estimate of drug-likeness (QED) is 0.180. The number of halogens is 2. The van der Waals surface area contributed by atoms with Gasteiger partial charge in [0, 0.05) is 31.5 Å². The van der Waals surface area contributed by atoms with Crippen LogP contribution < -0.4 is 31.4 Å². The van der Waals surface area contributed by atoms with Crippen molar-refractivity contribution in [1.82, 2.24) is 0 Å². The van der Waals surface area contributed by atoms with Gasteiger partial charge in [0.1, 0.15) is 12.4 Å². The summed E-state index contributed by atoms with van der Waals surface area (Å²) in [6, 6.07) is 9.53. The van der Waals surface area contributed by atoms with Crippen LogP contribution in [0.5, 0.6) is 11.5 Å². The molecule has 0 saturated carbocycles. The van der Waals surface area contributed by atoms with Crippen molar-refractivity contribution in [3.05, 3.63) is 52.8 Å². The number of unbranched alkanes of at least 4 members (excludes halogenated alkanes) is 8. The predicted molar refractivity (Wildman–Crippen MR) is 167 cm³/mol. The second-order valence-electron chi connectivity index (χ2n) is 11.5. The number of methoxy groups -OCH3 is 1. The van der Waals surface area contributed by atoms with Gasteiger partial charge in [-0.3, -0.25) is 0 Å².